The highest BCUT2D eigenvalue weighted by atomic mass is 32.1. The first-order valence-corrected chi connectivity index (χ1v) is 6.22. The number of aromatic nitrogens is 1. The Hall–Kier alpha value is -0.980. The van der Waals surface area contributed by atoms with Crippen LogP contribution in [0.2, 0.25) is 0 Å². The summed E-state index contributed by atoms with van der Waals surface area (Å²) in [6, 6.07) is -0.368. The summed E-state index contributed by atoms with van der Waals surface area (Å²) < 4.78 is 0. The van der Waals surface area contributed by atoms with Crippen LogP contribution < -0.4 is 11.1 Å². The summed E-state index contributed by atoms with van der Waals surface area (Å²) in [5.74, 6) is -0.313. The van der Waals surface area contributed by atoms with Gasteiger partial charge in [0.2, 0.25) is 5.91 Å². The van der Waals surface area contributed by atoms with Crippen LogP contribution in [-0.2, 0) is 4.79 Å². The molecule has 16 heavy (non-hydrogen) atoms. The van der Waals surface area contributed by atoms with E-state index in [-0.39, 0.29) is 11.9 Å². The molecule has 3 N–H and O–H groups in total. The van der Waals surface area contributed by atoms with Gasteiger partial charge in [0.25, 0.3) is 0 Å². The molecule has 2 heterocycles. The number of amides is 1. The van der Waals surface area contributed by atoms with Crippen molar-refractivity contribution < 1.29 is 4.79 Å². The predicted molar refractivity (Wildman–Crippen MR) is 63.2 cm³/mol. The van der Waals surface area contributed by atoms with Crippen molar-refractivity contribution in [2.24, 2.45) is 5.73 Å². The quantitative estimate of drug-likeness (QED) is 0.773. The van der Waals surface area contributed by atoms with E-state index in [1.807, 2.05) is 12.3 Å². The van der Waals surface area contributed by atoms with Crippen LogP contribution in [0.25, 0.3) is 0 Å². The van der Waals surface area contributed by atoms with Crippen molar-refractivity contribution >= 4 is 17.2 Å². The van der Waals surface area contributed by atoms with Crippen LogP contribution in [-0.4, -0.2) is 42.0 Å². The monoisotopic (exact) mass is 240 g/mol. The van der Waals surface area contributed by atoms with Gasteiger partial charge in [-0.05, 0) is 6.92 Å². The molecule has 1 saturated heterocycles. The third-order valence-corrected chi connectivity index (χ3v) is 3.49. The van der Waals surface area contributed by atoms with Gasteiger partial charge in [-0.2, -0.15) is 0 Å². The third-order valence-electron chi connectivity index (χ3n) is 2.70. The Morgan fingerprint density at radius 1 is 1.62 bits per heavy atom. The lowest BCUT2D eigenvalue weighted by atomic mass is 10.1. The van der Waals surface area contributed by atoms with E-state index in [0.717, 1.165) is 36.9 Å². The highest BCUT2D eigenvalue weighted by molar-refractivity contribution is 7.09. The molecule has 1 amide bonds. The summed E-state index contributed by atoms with van der Waals surface area (Å²) in [4.78, 5) is 18.0. The van der Waals surface area contributed by atoms with Crippen molar-refractivity contribution in [2.75, 3.05) is 26.2 Å². The molecule has 1 aromatic heterocycles. The van der Waals surface area contributed by atoms with Gasteiger partial charge in [-0.25, -0.2) is 4.98 Å². The molecular weight excluding hydrogens is 224 g/mol. The van der Waals surface area contributed by atoms with Crippen LogP contribution in [0.5, 0.6) is 0 Å². The average Bonchev–Trinajstić information content (AvgIpc) is 2.66. The van der Waals surface area contributed by atoms with Crippen LogP contribution in [0.15, 0.2) is 5.38 Å². The second-order valence-electron chi connectivity index (χ2n) is 3.88. The highest BCUT2D eigenvalue weighted by Gasteiger charge is 2.28. The second kappa shape index (κ2) is 4.90. The largest absolute Gasteiger partial charge is 0.368 e. The molecule has 1 unspecified atom stereocenters. The van der Waals surface area contributed by atoms with Crippen molar-refractivity contribution in [3.05, 3.63) is 16.1 Å². The Bertz CT molecular complexity index is 373. The first-order valence-electron chi connectivity index (χ1n) is 5.34. The van der Waals surface area contributed by atoms with Crippen LogP contribution in [0.3, 0.4) is 0 Å². The lowest BCUT2D eigenvalue weighted by Gasteiger charge is -2.32. The van der Waals surface area contributed by atoms with E-state index in [4.69, 9.17) is 5.73 Å². The third kappa shape index (κ3) is 2.40. The number of nitrogens with two attached hydrogens (primary N) is 1. The van der Waals surface area contributed by atoms with Gasteiger partial charge in [0.1, 0.15) is 6.04 Å². The zero-order valence-corrected chi connectivity index (χ0v) is 10.1. The van der Waals surface area contributed by atoms with E-state index in [0.29, 0.717) is 0 Å². The summed E-state index contributed by atoms with van der Waals surface area (Å²) in [7, 11) is 0. The van der Waals surface area contributed by atoms with Gasteiger partial charge in [-0.1, -0.05) is 0 Å². The molecule has 0 aliphatic carbocycles. The summed E-state index contributed by atoms with van der Waals surface area (Å²) >= 11 is 1.55. The summed E-state index contributed by atoms with van der Waals surface area (Å²) in [5, 5.41) is 6.15. The molecule has 1 aliphatic heterocycles. The maximum atomic E-state index is 11.5. The smallest absolute Gasteiger partial charge is 0.241 e. The molecule has 88 valence electrons. The van der Waals surface area contributed by atoms with Crippen molar-refractivity contribution in [3.8, 4) is 0 Å². The molecule has 5 nitrogen and oxygen atoms in total. The van der Waals surface area contributed by atoms with Gasteiger partial charge in [0, 0.05) is 31.6 Å². The zero-order valence-electron chi connectivity index (χ0n) is 9.27. The van der Waals surface area contributed by atoms with Crippen LogP contribution in [0, 0.1) is 6.92 Å². The average molecular weight is 240 g/mol. The van der Waals surface area contributed by atoms with E-state index >= 15 is 0 Å². The van der Waals surface area contributed by atoms with Crippen molar-refractivity contribution in [1.29, 1.82) is 0 Å². The maximum absolute atomic E-state index is 11.5. The number of carbonyl (C=O) groups is 1. The number of carbonyl (C=O) groups excluding carboxylic acids is 1. The normalized spacial score (nSPS) is 19.6. The Labute approximate surface area is 98.7 Å². The SMILES string of the molecule is Cc1nc(C(C(N)=O)N2CCNCC2)cs1. The number of nitrogens with one attached hydrogen (secondary N) is 1. The van der Waals surface area contributed by atoms with Crippen LogP contribution in [0.4, 0.5) is 0 Å². The van der Waals surface area contributed by atoms with Gasteiger partial charge >= 0.3 is 0 Å². The standard InChI is InChI=1S/C10H16N4OS/c1-7-13-8(6-16-7)9(10(11)15)14-4-2-12-3-5-14/h6,9,12H,2-5H2,1H3,(H2,11,15). The van der Waals surface area contributed by atoms with Gasteiger partial charge in [0.05, 0.1) is 10.7 Å². The Morgan fingerprint density at radius 3 is 2.81 bits per heavy atom. The van der Waals surface area contributed by atoms with Crippen molar-refractivity contribution in [1.82, 2.24) is 15.2 Å². The fraction of sp³-hybridized carbons (Fsp3) is 0.600. The molecule has 2 rings (SSSR count). The number of nitrogens with zero attached hydrogens (tertiary/aromatic N) is 2. The Balaban J connectivity index is 2.19. The van der Waals surface area contributed by atoms with Crippen LogP contribution in [0.1, 0.15) is 16.7 Å². The summed E-state index contributed by atoms with van der Waals surface area (Å²) in [5.41, 5.74) is 6.26. The first-order chi connectivity index (χ1) is 7.68. The lowest BCUT2D eigenvalue weighted by Crippen LogP contribution is -2.48. The number of rotatable bonds is 3. The minimum Gasteiger partial charge on any atom is -0.368 e. The van der Waals surface area contributed by atoms with Gasteiger partial charge in [0.15, 0.2) is 0 Å². The second-order valence-corrected chi connectivity index (χ2v) is 4.94. The topological polar surface area (TPSA) is 71.2 Å². The minimum absolute atomic E-state index is 0.313. The van der Waals surface area contributed by atoms with E-state index < -0.39 is 0 Å². The fourth-order valence-electron chi connectivity index (χ4n) is 1.96. The number of piperazine rings is 1. The van der Waals surface area contributed by atoms with E-state index in [9.17, 15) is 4.79 Å². The van der Waals surface area contributed by atoms with E-state index in [2.05, 4.69) is 15.2 Å². The predicted octanol–water partition coefficient (Wildman–Crippen LogP) is -0.117. The molecule has 1 fully saturated rings. The lowest BCUT2D eigenvalue weighted by molar-refractivity contribution is -0.123. The molecule has 6 heteroatoms. The van der Waals surface area contributed by atoms with E-state index in [1.54, 1.807) is 11.3 Å². The number of hydrogen-bond donors (Lipinski definition) is 2. The molecule has 0 saturated carbocycles. The molecule has 1 aliphatic rings. The minimum atomic E-state index is -0.368. The molecule has 1 aromatic rings. The van der Waals surface area contributed by atoms with Crippen LogP contribution >= 0.6 is 11.3 Å². The number of primary amides is 1. The van der Waals surface area contributed by atoms with E-state index in [1.165, 1.54) is 0 Å². The van der Waals surface area contributed by atoms with Crippen molar-refractivity contribution in [2.45, 2.75) is 13.0 Å². The number of thiazole rings is 1. The zero-order chi connectivity index (χ0) is 11.5. The highest BCUT2D eigenvalue weighted by Crippen LogP contribution is 2.22. The van der Waals surface area contributed by atoms with Crippen molar-refractivity contribution in [3.63, 3.8) is 0 Å². The summed E-state index contributed by atoms with van der Waals surface area (Å²) in [6.07, 6.45) is 0. The molecule has 0 bridgehead atoms. The molecule has 1 atom stereocenters. The molecule has 0 radical (unpaired) electrons. The Kier molecular flexibility index (Phi) is 3.52. The number of hydrogen-bond acceptors (Lipinski definition) is 5. The summed E-state index contributed by atoms with van der Waals surface area (Å²) in [6.45, 7) is 5.40. The maximum Gasteiger partial charge on any atom is 0.241 e. The van der Waals surface area contributed by atoms with Gasteiger partial charge < -0.3 is 11.1 Å². The molecule has 0 spiro atoms. The molecular formula is C10H16N4OS. The van der Waals surface area contributed by atoms with Gasteiger partial charge in [-0.3, -0.25) is 9.69 Å². The van der Waals surface area contributed by atoms with Gasteiger partial charge in [-0.15, -0.1) is 11.3 Å². The molecule has 0 aromatic carbocycles. The first kappa shape index (κ1) is 11.5. The number of aryl methyl sites for hydroxylation is 1. The Morgan fingerprint density at radius 2 is 2.31 bits per heavy atom. The fourth-order valence-corrected chi connectivity index (χ4v) is 2.59.